The van der Waals surface area contributed by atoms with Crippen LogP contribution in [-0.2, 0) is 16.0 Å². The van der Waals surface area contributed by atoms with Gasteiger partial charge in [-0.05, 0) is 33.1 Å². The van der Waals surface area contributed by atoms with Gasteiger partial charge in [0.15, 0.2) is 0 Å². The Kier molecular flexibility index (Phi) is 4.74. The number of morpholine rings is 1. The molecule has 0 unspecified atom stereocenters. The van der Waals surface area contributed by atoms with Crippen molar-refractivity contribution in [1.82, 2.24) is 24.8 Å². The van der Waals surface area contributed by atoms with E-state index in [0.717, 1.165) is 68.1 Å². The summed E-state index contributed by atoms with van der Waals surface area (Å²) in [5.74, 6) is 2.21. The number of carbonyl (C=O) groups excluding carboxylic acids is 1. The van der Waals surface area contributed by atoms with Gasteiger partial charge in [-0.25, -0.2) is 15.0 Å². The zero-order chi connectivity index (χ0) is 23.7. The molecule has 3 aliphatic heterocycles. The van der Waals surface area contributed by atoms with Gasteiger partial charge in [-0.2, -0.15) is 4.98 Å². The highest BCUT2D eigenvalue weighted by atomic mass is 16.5. The minimum atomic E-state index is -0.136. The van der Waals surface area contributed by atoms with E-state index in [9.17, 15) is 4.79 Å². The molecule has 4 aliphatic rings. The Morgan fingerprint density at radius 2 is 1.88 bits per heavy atom. The van der Waals surface area contributed by atoms with E-state index in [1.54, 1.807) is 12.4 Å². The average molecular weight is 465 g/mol. The number of nitrogen functional groups attached to an aromatic ring is 1. The number of amides is 1. The Morgan fingerprint density at radius 1 is 1.15 bits per heavy atom. The van der Waals surface area contributed by atoms with Crippen molar-refractivity contribution in [2.24, 2.45) is 5.41 Å². The van der Waals surface area contributed by atoms with Gasteiger partial charge in [-0.1, -0.05) is 6.92 Å². The number of hydrogen-bond acceptors (Lipinski definition) is 9. The van der Waals surface area contributed by atoms with Crippen molar-refractivity contribution in [1.29, 1.82) is 0 Å². The summed E-state index contributed by atoms with van der Waals surface area (Å²) in [6.45, 7) is 10.8. The minimum Gasteiger partial charge on any atom is -0.377 e. The molecular formula is C24H32N8O2. The second-order valence-corrected chi connectivity index (χ2v) is 10.7. The molecule has 0 radical (unpaired) electrons. The lowest BCUT2D eigenvalue weighted by Crippen LogP contribution is -2.70. The minimum absolute atomic E-state index is 0.131. The van der Waals surface area contributed by atoms with Crippen molar-refractivity contribution in [2.45, 2.75) is 51.6 Å². The SMILES string of the molecule is C[C@H]1COCCN1c1nc(-c2cnc(N)nc2)c2c(n1)N(C1(C)CN(C(=O)C3(C)CC3)C1)CC2. The van der Waals surface area contributed by atoms with Crippen LogP contribution in [0.2, 0.25) is 0 Å². The van der Waals surface area contributed by atoms with Crippen LogP contribution in [0.15, 0.2) is 12.4 Å². The number of hydrogen-bond donors (Lipinski definition) is 1. The number of aromatic nitrogens is 4. The van der Waals surface area contributed by atoms with E-state index in [1.165, 1.54) is 0 Å². The maximum Gasteiger partial charge on any atom is 0.228 e. The van der Waals surface area contributed by atoms with E-state index >= 15 is 0 Å². The summed E-state index contributed by atoms with van der Waals surface area (Å²) in [6.07, 6.45) is 6.33. The van der Waals surface area contributed by atoms with Gasteiger partial charge in [0.05, 0.1) is 30.5 Å². The first kappa shape index (κ1) is 21.5. The Labute approximate surface area is 199 Å². The Hall–Kier alpha value is -3.01. The van der Waals surface area contributed by atoms with E-state index in [-0.39, 0.29) is 22.9 Å². The van der Waals surface area contributed by atoms with Crippen LogP contribution in [-0.4, -0.2) is 81.7 Å². The third-order valence-corrected chi connectivity index (χ3v) is 7.90. The monoisotopic (exact) mass is 464 g/mol. The summed E-state index contributed by atoms with van der Waals surface area (Å²) >= 11 is 0. The maximum absolute atomic E-state index is 12.9. The lowest BCUT2D eigenvalue weighted by Gasteiger charge is -2.54. The van der Waals surface area contributed by atoms with Crippen LogP contribution in [0.4, 0.5) is 17.7 Å². The number of likely N-dealkylation sites (tertiary alicyclic amines) is 1. The molecule has 2 aromatic rings. The van der Waals surface area contributed by atoms with E-state index in [1.807, 2.05) is 4.90 Å². The molecule has 5 heterocycles. The lowest BCUT2D eigenvalue weighted by molar-refractivity contribution is -0.143. The molecule has 0 spiro atoms. The number of fused-ring (bicyclic) bond motifs is 1. The Bertz CT molecular complexity index is 1130. The average Bonchev–Trinajstić information content (AvgIpc) is 3.41. The fraction of sp³-hybridized carbons (Fsp3) is 0.625. The maximum atomic E-state index is 12.9. The number of carbonyl (C=O) groups is 1. The predicted molar refractivity (Wildman–Crippen MR) is 128 cm³/mol. The first-order chi connectivity index (χ1) is 16.3. The molecule has 1 amide bonds. The highest BCUT2D eigenvalue weighted by molar-refractivity contribution is 5.86. The molecular weight excluding hydrogens is 432 g/mol. The molecule has 6 rings (SSSR count). The number of anilines is 3. The summed E-state index contributed by atoms with van der Waals surface area (Å²) < 4.78 is 5.64. The number of nitrogens with zero attached hydrogens (tertiary/aromatic N) is 7. The second kappa shape index (κ2) is 7.49. The smallest absolute Gasteiger partial charge is 0.228 e. The molecule has 10 nitrogen and oxygen atoms in total. The molecule has 0 aromatic carbocycles. The fourth-order valence-electron chi connectivity index (χ4n) is 5.49. The topological polar surface area (TPSA) is 114 Å². The van der Waals surface area contributed by atoms with Crippen molar-refractivity contribution < 1.29 is 9.53 Å². The Morgan fingerprint density at radius 3 is 2.56 bits per heavy atom. The molecule has 2 N–H and O–H groups in total. The van der Waals surface area contributed by atoms with Crippen molar-refractivity contribution in [2.75, 3.05) is 54.9 Å². The fourth-order valence-corrected chi connectivity index (χ4v) is 5.49. The van der Waals surface area contributed by atoms with Crippen LogP contribution >= 0.6 is 0 Å². The molecule has 2 saturated heterocycles. The summed E-state index contributed by atoms with van der Waals surface area (Å²) in [4.78, 5) is 38.0. The molecule has 1 saturated carbocycles. The zero-order valence-corrected chi connectivity index (χ0v) is 20.1. The van der Waals surface area contributed by atoms with E-state index in [0.29, 0.717) is 25.1 Å². The largest absolute Gasteiger partial charge is 0.377 e. The number of rotatable bonds is 4. The van der Waals surface area contributed by atoms with Gasteiger partial charge < -0.3 is 25.2 Å². The number of nitrogens with two attached hydrogens (primary N) is 1. The van der Waals surface area contributed by atoms with Crippen LogP contribution in [0.25, 0.3) is 11.3 Å². The quantitative estimate of drug-likeness (QED) is 0.719. The van der Waals surface area contributed by atoms with Crippen LogP contribution < -0.4 is 15.5 Å². The highest BCUT2D eigenvalue weighted by Gasteiger charge is 2.55. The van der Waals surface area contributed by atoms with E-state index in [4.69, 9.17) is 20.4 Å². The Balaban J connectivity index is 1.36. The first-order valence-electron chi connectivity index (χ1n) is 12.2. The first-order valence-corrected chi connectivity index (χ1v) is 12.2. The molecule has 10 heteroatoms. The molecule has 1 aliphatic carbocycles. The number of ether oxygens (including phenoxy) is 1. The molecule has 0 bridgehead atoms. The van der Waals surface area contributed by atoms with Gasteiger partial charge in [0.2, 0.25) is 17.8 Å². The van der Waals surface area contributed by atoms with Crippen molar-refractivity contribution in [3.8, 4) is 11.3 Å². The standard InChI is InChI=1S/C24H32N8O2/c1-15-12-34-9-8-31(15)22-28-18(16-10-26-21(25)27-11-16)17-4-7-32(19(17)29-22)24(3)13-30(14-24)20(33)23(2)5-6-23/h10-11,15H,4-9,12-14H2,1-3H3,(H2,25,26,27)/t15-/m0/s1. The summed E-state index contributed by atoms with van der Waals surface area (Å²) in [6, 6.07) is 0.184. The van der Waals surface area contributed by atoms with Crippen LogP contribution in [0, 0.1) is 5.41 Å². The van der Waals surface area contributed by atoms with E-state index in [2.05, 4.69) is 40.5 Å². The van der Waals surface area contributed by atoms with Gasteiger partial charge >= 0.3 is 0 Å². The van der Waals surface area contributed by atoms with Gasteiger partial charge in [-0.15, -0.1) is 0 Å². The van der Waals surface area contributed by atoms with E-state index < -0.39 is 0 Å². The second-order valence-electron chi connectivity index (χ2n) is 10.7. The summed E-state index contributed by atoms with van der Waals surface area (Å²) in [5.41, 5.74) is 8.29. The van der Waals surface area contributed by atoms with Gasteiger partial charge in [-0.3, -0.25) is 4.79 Å². The normalized spacial score (nSPS) is 24.6. The molecule has 1 atom stereocenters. The van der Waals surface area contributed by atoms with Crippen LogP contribution in [0.3, 0.4) is 0 Å². The highest BCUT2D eigenvalue weighted by Crippen LogP contribution is 2.49. The molecule has 34 heavy (non-hydrogen) atoms. The zero-order valence-electron chi connectivity index (χ0n) is 20.1. The van der Waals surface area contributed by atoms with Gasteiger partial charge in [0.25, 0.3) is 0 Å². The van der Waals surface area contributed by atoms with Crippen molar-refractivity contribution in [3.05, 3.63) is 18.0 Å². The lowest BCUT2D eigenvalue weighted by atomic mass is 9.88. The van der Waals surface area contributed by atoms with Crippen LogP contribution in [0.5, 0.6) is 0 Å². The molecule has 180 valence electrons. The summed E-state index contributed by atoms with van der Waals surface area (Å²) in [7, 11) is 0. The predicted octanol–water partition coefficient (Wildman–Crippen LogP) is 1.50. The molecule has 2 aromatic heterocycles. The third kappa shape index (κ3) is 3.38. The van der Waals surface area contributed by atoms with Gasteiger partial charge in [0.1, 0.15) is 5.82 Å². The van der Waals surface area contributed by atoms with Crippen molar-refractivity contribution >= 4 is 23.6 Å². The third-order valence-electron chi connectivity index (χ3n) is 7.90. The molecule has 3 fully saturated rings. The van der Waals surface area contributed by atoms with Crippen LogP contribution in [0.1, 0.15) is 39.2 Å². The summed E-state index contributed by atoms with van der Waals surface area (Å²) in [5, 5.41) is 0. The van der Waals surface area contributed by atoms with Crippen molar-refractivity contribution in [3.63, 3.8) is 0 Å². The van der Waals surface area contributed by atoms with Gasteiger partial charge in [0, 0.05) is 55.1 Å².